The van der Waals surface area contributed by atoms with Gasteiger partial charge in [0.2, 0.25) is 11.7 Å². The van der Waals surface area contributed by atoms with E-state index in [0.29, 0.717) is 69.3 Å². The third kappa shape index (κ3) is 7.14. The molecule has 49 heavy (non-hydrogen) atoms. The zero-order valence-electron chi connectivity index (χ0n) is 27.9. The Morgan fingerprint density at radius 3 is 2.37 bits per heavy atom. The van der Waals surface area contributed by atoms with Gasteiger partial charge in [0, 0.05) is 39.3 Å². The molecule has 2 aromatic heterocycles. The van der Waals surface area contributed by atoms with Gasteiger partial charge >= 0.3 is 12.3 Å². The van der Waals surface area contributed by atoms with Gasteiger partial charge < -0.3 is 29.7 Å². The molecular weight excluding hydrogens is 665 g/mol. The lowest BCUT2D eigenvalue weighted by Crippen LogP contribution is -2.47. The number of likely N-dealkylation sites (tertiary alicyclic amines) is 1. The molecule has 264 valence electrons. The van der Waals surface area contributed by atoms with Gasteiger partial charge in [-0.1, -0.05) is 24.6 Å². The molecule has 3 aliphatic rings. The van der Waals surface area contributed by atoms with E-state index in [4.69, 9.17) is 21.3 Å². The second-order valence-corrected chi connectivity index (χ2v) is 14.2. The zero-order chi connectivity index (χ0) is 35.3. The first-order chi connectivity index (χ1) is 23.1. The van der Waals surface area contributed by atoms with Crippen LogP contribution in [0.2, 0.25) is 5.02 Å². The molecule has 12 nitrogen and oxygen atoms in total. The summed E-state index contributed by atoms with van der Waals surface area (Å²) in [7, 11) is 0. The molecule has 0 bridgehead atoms. The lowest BCUT2D eigenvalue weighted by molar-refractivity contribution is -0.137. The number of amides is 2. The molecule has 2 fully saturated rings. The predicted octanol–water partition coefficient (Wildman–Crippen LogP) is 4.98. The number of hydrogen-bond acceptors (Lipinski definition) is 8. The number of piperazine rings is 1. The molecule has 6 rings (SSSR count). The summed E-state index contributed by atoms with van der Waals surface area (Å²) in [6.07, 6.45) is -0.175. The standard InChI is InChI=1S/C33H40ClF3N8O4/c1-5-24-26(42-14-10-38-11-15-42)28(47)45-29(44(24)19-25(46)39-23-7-6-21(16-22(23)34)33(35,36)37)40-27(41-45)20-17-32(18-20)8-12-43(13-9-32)30(48)49-31(2,3)4/h6-7,16-17,38H,5,8-15,18-19H2,1-4H3,(H,39,46). The minimum atomic E-state index is -4.58. The van der Waals surface area contributed by atoms with Gasteiger partial charge in [0.25, 0.3) is 5.56 Å². The minimum Gasteiger partial charge on any atom is -0.444 e. The average Bonchev–Trinajstić information content (AvgIpc) is 3.47. The van der Waals surface area contributed by atoms with Crippen molar-refractivity contribution in [2.24, 2.45) is 5.41 Å². The summed E-state index contributed by atoms with van der Waals surface area (Å²) < 4.78 is 47.9. The molecule has 3 aromatic rings. The average molecular weight is 705 g/mol. The van der Waals surface area contributed by atoms with E-state index in [1.807, 2.05) is 32.6 Å². The van der Waals surface area contributed by atoms with E-state index >= 15 is 0 Å². The smallest absolute Gasteiger partial charge is 0.416 e. The van der Waals surface area contributed by atoms with E-state index in [-0.39, 0.29) is 40.1 Å². The summed E-state index contributed by atoms with van der Waals surface area (Å²) in [4.78, 5) is 48.5. The van der Waals surface area contributed by atoms with Gasteiger partial charge in [-0.05, 0) is 75.6 Å². The van der Waals surface area contributed by atoms with Gasteiger partial charge in [-0.2, -0.15) is 22.7 Å². The lowest BCUT2D eigenvalue weighted by Gasteiger charge is -2.45. The lowest BCUT2D eigenvalue weighted by atomic mass is 9.65. The third-order valence-electron chi connectivity index (χ3n) is 9.19. The SMILES string of the molecule is CCc1c(N2CCNCC2)c(=O)n2nc(C3=CC4(CCN(C(=O)OC(C)(C)C)CC4)C3)nc2n1CC(=O)Nc1ccc(C(F)(F)F)cc1Cl. The van der Waals surface area contributed by atoms with Crippen LogP contribution in [-0.4, -0.2) is 80.9 Å². The number of fused-ring (bicyclic) bond motifs is 1. The summed E-state index contributed by atoms with van der Waals surface area (Å²) >= 11 is 6.12. The molecule has 4 heterocycles. The number of allylic oxidation sites excluding steroid dienone is 2. The van der Waals surface area contributed by atoms with Gasteiger partial charge in [0.15, 0.2) is 5.82 Å². The zero-order valence-corrected chi connectivity index (χ0v) is 28.7. The first-order valence-electron chi connectivity index (χ1n) is 16.4. The maximum Gasteiger partial charge on any atom is 0.416 e. The van der Waals surface area contributed by atoms with Crippen molar-refractivity contribution in [2.45, 2.75) is 71.7 Å². The molecule has 1 spiro atoms. The number of alkyl halides is 3. The van der Waals surface area contributed by atoms with Crippen LogP contribution in [0.3, 0.4) is 0 Å². The van der Waals surface area contributed by atoms with Crippen LogP contribution in [0.1, 0.15) is 64.0 Å². The Morgan fingerprint density at radius 2 is 1.78 bits per heavy atom. The van der Waals surface area contributed by atoms with E-state index in [1.165, 1.54) is 4.52 Å². The normalized spacial score (nSPS) is 18.0. The van der Waals surface area contributed by atoms with Gasteiger partial charge in [-0.25, -0.2) is 4.79 Å². The summed E-state index contributed by atoms with van der Waals surface area (Å²) in [5.41, 5.74) is -0.00527. The second-order valence-electron chi connectivity index (χ2n) is 13.8. The molecule has 2 saturated heterocycles. The maximum atomic E-state index is 14.0. The minimum absolute atomic E-state index is 0.0295. The van der Waals surface area contributed by atoms with E-state index in [0.717, 1.165) is 36.6 Å². The van der Waals surface area contributed by atoms with Gasteiger partial charge in [-0.15, -0.1) is 5.10 Å². The van der Waals surface area contributed by atoms with Crippen LogP contribution in [0.15, 0.2) is 29.1 Å². The summed E-state index contributed by atoms with van der Waals surface area (Å²) in [5, 5.41) is 10.3. The highest BCUT2D eigenvalue weighted by Crippen LogP contribution is 2.50. The Morgan fingerprint density at radius 1 is 1.10 bits per heavy atom. The number of hydrogen-bond donors (Lipinski definition) is 2. The van der Waals surface area contributed by atoms with Crippen molar-refractivity contribution in [2.75, 3.05) is 49.5 Å². The molecule has 0 saturated carbocycles. The topological polar surface area (TPSA) is 126 Å². The Hall–Kier alpha value is -4.11. The number of anilines is 2. The van der Waals surface area contributed by atoms with Crippen molar-refractivity contribution in [1.29, 1.82) is 0 Å². The van der Waals surface area contributed by atoms with Crippen LogP contribution >= 0.6 is 11.6 Å². The summed E-state index contributed by atoms with van der Waals surface area (Å²) in [6, 6.07) is 2.73. The Kier molecular flexibility index (Phi) is 9.20. The van der Waals surface area contributed by atoms with Crippen LogP contribution in [0, 0.1) is 5.41 Å². The number of aromatic nitrogens is 4. The fraction of sp³-hybridized carbons (Fsp3) is 0.545. The number of carbonyl (C=O) groups is 2. The highest BCUT2D eigenvalue weighted by atomic mass is 35.5. The van der Waals surface area contributed by atoms with E-state index in [9.17, 15) is 27.6 Å². The van der Waals surface area contributed by atoms with Crippen molar-refractivity contribution in [3.63, 3.8) is 0 Å². The fourth-order valence-corrected chi connectivity index (χ4v) is 6.95. The number of nitrogens with one attached hydrogen (secondary N) is 2. The molecule has 2 amide bonds. The number of piperidine rings is 1. The maximum absolute atomic E-state index is 14.0. The molecule has 2 N–H and O–H groups in total. The van der Waals surface area contributed by atoms with Gasteiger partial charge in [0.1, 0.15) is 17.8 Å². The molecule has 0 atom stereocenters. The van der Waals surface area contributed by atoms with Gasteiger partial charge in [0.05, 0.1) is 22.0 Å². The quantitative estimate of drug-likeness (QED) is 0.368. The number of rotatable bonds is 6. The van der Waals surface area contributed by atoms with Crippen molar-refractivity contribution < 1.29 is 27.5 Å². The molecule has 1 aliphatic carbocycles. The Bertz CT molecular complexity index is 1870. The van der Waals surface area contributed by atoms with Crippen LogP contribution in [0.4, 0.5) is 29.3 Å². The molecular formula is C33H40ClF3N8O4. The Balaban J connectivity index is 1.30. The number of carbonyl (C=O) groups excluding carboxylic acids is 2. The van der Waals surface area contributed by atoms with Crippen LogP contribution in [0.5, 0.6) is 0 Å². The van der Waals surface area contributed by atoms with Crippen LogP contribution in [0.25, 0.3) is 11.4 Å². The van der Waals surface area contributed by atoms with Crippen molar-refractivity contribution in [3.05, 3.63) is 56.7 Å². The summed E-state index contributed by atoms with van der Waals surface area (Å²) in [5.74, 6) is 0.0130. The molecule has 2 aliphatic heterocycles. The number of ether oxygens (including phenoxy) is 1. The number of halogens is 4. The fourth-order valence-electron chi connectivity index (χ4n) is 6.73. The largest absolute Gasteiger partial charge is 0.444 e. The van der Waals surface area contributed by atoms with Crippen molar-refractivity contribution >= 4 is 46.3 Å². The van der Waals surface area contributed by atoms with E-state index in [1.54, 1.807) is 9.47 Å². The van der Waals surface area contributed by atoms with Crippen molar-refractivity contribution in [1.82, 2.24) is 29.4 Å². The molecule has 1 aromatic carbocycles. The van der Waals surface area contributed by atoms with Crippen LogP contribution < -0.4 is 21.1 Å². The van der Waals surface area contributed by atoms with E-state index in [2.05, 4.69) is 21.8 Å². The highest BCUT2D eigenvalue weighted by Gasteiger charge is 2.43. The van der Waals surface area contributed by atoms with Crippen LogP contribution in [-0.2, 0) is 28.7 Å². The molecule has 0 radical (unpaired) electrons. The summed E-state index contributed by atoms with van der Waals surface area (Å²) in [6.45, 7) is 10.8. The van der Waals surface area contributed by atoms with Gasteiger partial charge in [-0.3, -0.25) is 9.59 Å². The Labute approximate surface area is 286 Å². The highest BCUT2D eigenvalue weighted by molar-refractivity contribution is 6.33. The number of nitrogens with zero attached hydrogens (tertiary/aromatic N) is 6. The number of benzene rings is 1. The molecule has 16 heteroatoms. The van der Waals surface area contributed by atoms with Crippen molar-refractivity contribution in [3.8, 4) is 0 Å². The monoisotopic (exact) mass is 704 g/mol. The molecule has 0 unspecified atom stereocenters. The van der Waals surface area contributed by atoms with E-state index < -0.39 is 23.2 Å². The first kappa shape index (κ1) is 34.7. The predicted molar refractivity (Wildman–Crippen MR) is 179 cm³/mol. The third-order valence-corrected chi connectivity index (χ3v) is 9.50. The first-order valence-corrected chi connectivity index (χ1v) is 16.8. The second kappa shape index (κ2) is 13.0.